The van der Waals surface area contributed by atoms with E-state index in [4.69, 9.17) is 4.74 Å². The van der Waals surface area contributed by atoms with E-state index in [0.717, 1.165) is 4.47 Å². The second kappa shape index (κ2) is 8.18. The molecule has 0 aromatic heterocycles. The third-order valence-electron chi connectivity index (χ3n) is 3.08. The summed E-state index contributed by atoms with van der Waals surface area (Å²) in [5, 5.41) is 21.7. The minimum Gasteiger partial charge on any atom is -0.507 e. The summed E-state index contributed by atoms with van der Waals surface area (Å²) >= 11 is 3.28. The molecule has 2 aromatic carbocycles. The number of carbonyl (C=O) groups excluding carboxylic acids is 1. The van der Waals surface area contributed by atoms with Gasteiger partial charge in [0.1, 0.15) is 23.1 Å². The fourth-order valence-electron chi connectivity index (χ4n) is 1.94. The quantitative estimate of drug-likeness (QED) is 0.598. The molecule has 0 aliphatic carbocycles. The molecule has 0 radical (unpaired) electrons. The lowest BCUT2D eigenvalue weighted by molar-refractivity contribution is -0.112. The van der Waals surface area contributed by atoms with Gasteiger partial charge in [-0.2, -0.15) is 5.26 Å². The normalized spacial score (nSPS) is 10.8. The monoisotopic (exact) mass is 386 g/mol. The number of hydrogen-bond acceptors (Lipinski definition) is 4. The van der Waals surface area contributed by atoms with Crippen LogP contribution in [-0.4, -0.2) is 17.6 Å². The van der Waals surface area contributed by atoms with E-state index in [0.29, 0.717) is 23.6 Å². The SMILES string of the molecule is CCOc1ccc(NC(=O)C(C#N)=Cc2cc(Br)ccc2O)cc1. The molecule has 24 heavy (non-hydrogen) atoms. The first-order valence-electron chi connectivity index (χ1n) is 7.18. The van der Waals surface area contributed by atoms with Crippen LogP contribution in [0.2, 0.25) is 0 Å². The van der Waals surface area contributed by atoms with Crippen molar-refractivity contribution in [2.75, 3.05) is 11.9 Å². The Hall–Kier alpha value is -2.78. The van der Waals surface area contributed by atoms with Gasteiger partial charge in [-0.15, -0.1) is 0 Å². The molecule has 0 unspecified atom stereocenters. The van der Waals surface area contributed by atoms with Crippen LogP contribution in [0.1, 0.15) is 12.5 Å². The van der Waals surface area contributed by atoms with E-state index in [-0.39, 0.29) is 11.3 Å². The van der Waals surface area contributed by atoms with Crippen LogP contribution in [0.3, 0.4) is 0 Å². The van der Waals surface area contributed by atoms with Crippen molar-refractivity contribution in [3.63, 3.8) is 0 Å². The molecular weight excluding hydrogens is 372 g/mol. The maximum absolute atomic E-state index is 12.2. The summed E-state index contributed by atoms with van der Waals surface area (Å²) in [6, 6.07) is 13.5. The molecule has 0 saturated carbocycles. The summed E-state index contributed by atoms with van der Waals surface area (Å²) in [4.78, 5) is 12.2. The smallest absolute Gasteiger partial charge is 0.266 e. The van der Waals surface area contributed by atoms with Crippen molar-refractivity contribution < 1.29 is 14.6 Å². The highest BCUT2D eigenvalue weighted by Crippen LogP contribution is 2.24. The molecule has 5 nitrogen and oxygen atoms in total. The molecule has 0 atom stereocenters. The van der Waals surface area contributed by atoms with Crippen LogP contribution < -0.4 is 10.1 Å². The van der Waals surface area contributed by atoms with Gasteiger partial charge in [-0.1, -0.05) is 15.9 Å². The standard InChI is InChI=1S/C18H15BrN2O3/c1-2-24-16-6-4-15(5-7-16)21-18(23)13(11-20)9-12-10-14(19)3-8-17(12)22/h3-10,22H,2H2,1H3,(H,21,23). The highest BCUT2D eigenvalue weighted by Gasteiger charge is 2.11. The largest absolute Gasteiger partial charge is 0.507 e. The Kier molecular flexibility index (Phi) is 5.99. The Labute approximate surface area is 148 Å². The number of phenols is 1. The van der Waals surface area contributed by atoms with Gasteiger partial charge in [0.05, 0.1) is 6.61 Å². The zero-order valence-corrected chi connectivity index (χ0v) is 14.5. The lowest BCUT2D eigenvalue weighted by Crippen LogP contribution is -2.13. The number of hydrogen-bond donors (Lipinski definition) is 2. The highest BCUT2D eigenvalue weighted by atomic mass is 79.9. The number of carbonyl (C=O) groups is 1. The lowest BCUT2D eigenvalue weighted by Gasteiger charge is -2.07. The van der Waals surface area contributed by atoms with Crippen molar-refractivity contribution in [2.45, 2.75) is 6.92 Å². The number of ether oxygens (including phenoxy) is 1. The third-order valence-corrected chi connectivity index (χ3v) is 3.57. The molecule has 2 rings (SSSR count). The van der Waals surface area contributed by atoms with E-state index < -0.39 is 5.91 Å². The number of halogens is 1. The molecule has 1 amide bonds. The fourth-order valence-corrected chi connectivity index (χ4v) is 2.32. The number of rotatable bonds is 5. The van der Waals surface area contributed by atoms with Crippen molar-refractivity contribution in [3.05, 3.63) is 58.1 Å². The second-order valence-corrected chi connectivity index (χ2v) is 5.70. The zero-order chi connectivity index (χ0) is 17.5. The average molecular weight is 387 g/mol. The number of amides is 1. The van der Waals surface area contributed by atoms with E-state index in [1.54, 1.807) is 36.4 Å². The summed E-state index contributed by atoms with van der Waals surface area (Å²) in [7, 11) is 0. The third kappa shape index (κ3) is 4.61. The van der Waals surface area contributed by atoms with Crippen LogP contribution in [-0.2, 0) is 4.79 Å². The van der Waals surface area contributed by atoms with Gasteiger partial charge in [-0.25, -0.2) is 0 Å². The predicted molar refractivity (Wildman–Crippen MR) is 95.6 cm³/mol. The number of nitriles is 1. The highest BCUT2D eigenvalue weighted by molar-refractivity contribution is 9.10. The summed E-state index contributed by atoms with van der Waals surface area (Å²) in [6.07, 6.45) is 1.34. The molecule has 2 aromatic rings. The van der Waals surface area contributed by atoms with Gasteiger partial charge in [0.2, 0.25) is 0 Å². The Morgan fingerprint density at radius 2 is 2.04 bits per heavy atom. The summed E-state index contributed by atoms with van der Waals surface area (Å²) < 4.78 is 6.06. The number of nitrogens with zero attached hydrogens (tertiary/aromatic N) is 1. The molecule has 0 spiro atoms. The van der Waals surface area contributed by atoms with E-state index in [1.165, 1.54) is 12.1 Å². The van der Waals surface area contributed by atoms with Crippen molar-refractivity contribution >= 4 is 33.6 Å². The van der Waals surface area contributed by atoms with Gasteiger partial charge in [-0.05, 0) is 55.5 Å². The molecular formula is C18H15BrN2O3. The Bertz CT molecular complexity index is 808. The van der Waals surface area contributed by atoms with E-state index in [9.17, 15) is 15.2 Å². The van der Waals surface area contributed by atoms with Gasteiger partial charge in [-0.3, -0.25) is 4.79 Å². The maximum Gasteiger partial charge on any atom is 0.266 e. The van der Waals surface area contributed by atoms with E-state index in [2.05, 4.69) is 21.2 Å². The summed E-state index contributed by atoms with van der Waals surface area (Å²) in [5.74, 6) is 0.131. The predicted octanol–water partition coefficient (Wildman–Crippen LogP) is 4.10. The molecule has 0 bridgehead atoms. The van der Waals surface area contributed by atoms with Gasteiger partial charge in [0.25, 0.3) is 5.91 Å². The summed E-state index contributed by atoms with van der Waals surface area (Å²) in [6.45, 7) is 2.44. The van der Waals surface area contributed by atoms with Crippen LogP contribution in [0.5, 0.6) is 11.5 Å². The molecule has 0 fully saturated rings. The van der Waals surface area contributed by atoms with Crippen molar-refractivity contribution in [1.82, 2.24) is 0 Å². The van der Waals surface area contributed by atoms with Crippen LogP contribution in [0, 0.1) is 11.3 Å². The first-order chi connectivity index (χ1) is 11.5. The van der Waals surface area contributed by atoms with Crippen LogP contribution in [0.15, 0.2) is 52.5 Å². The van der Waals surface area contributed by atoms with Crippen LogP contribution in [0.25, 0.3) is 6.08 Å². The summed E-state index contributed by atoms with van der Waals surface area (Å²) in [5.41, 5.74) is 0.808. The number of aromatic hydroxyl groups is 1. The second-order valence-electron chi connectivity index (χ2n) is 4.78. The molecule has 0 saturated heterocycles. The van der Waals surface area contributed by atoms with Gasteiger partial charge < -0.3 is 15.2 Å². The number of anilines is 1. The zero-order valence-electron chi connectivity index (χ0n) is 12.9. The van der Waals surface area contributed by atoms with Crippen LogP contribution in [0.4, 0.5) is 5.69 Å². The number of phenolic OH excluding ortho intramolecular Hbond substituents is 1. The molecule has 6 heteroatoms. The van der Waals surface area contributed by atoms with Gasteiger partial charge in [0.15, 0.2) is 0 Å². The van der Waals surface area contributed by atoms with Gasteiger partial charge >= 0.3 is 0 Å². The lowest BCUT2D eigenvalue weighted by atomic mass is 10.1. The minimum atomic E-state index is -0.555. The first kappa shape index (κ1) is 17.6. The fraction of sp³-hybridized carbons (Fsp3) is 0.111. The Balaban J connectivity index is 2.18. The topological polar surface area (TPSA) is 82.3 Å². The molecule has 122 valence electrons. The molecule has 2 N–H and O–H groups in total. The van der Waals surface area contributed by atoms with Crippen molar-refractivity contribution in [3.8, 4) is 17.6 Å². The Morgan fingerprint density at radius 1 is 1.33 bits per heavy atom. The number of nitrogens with one attached hydrogen (secondary N) is 1. The molecule has 0 aliphatic rings. The average Bonchev–Trinajstić information content (AvgIpc) is 2.57. The van der Waals surface area contributed by atoms with Gasteiger partial charge in [0, 0.05) is 15.7 Å². The first-order valence-corrected chi connectivity index (χ1v) is 7.97. The van der Waals surface area contributed by atoms with Crippen molar-refractivity contribution in [1.29, 1.82) is 5.26 Å². The molecule has 0 heterocycles. The Morgan fingerprint density at radius 3 is 2.67 bits per heavy atom. The van der Waals surface area contributed by atoms with E-state index >= 15 is 0 Å². The van der Waals surface area contributed by atoms with Crippen LogP contribution >= 0.6 is 15.9 Å². The van der Waals surface area contributed by atoms with Crippen molar-refractivity contribution in [2.24, 2.45) is 0 Å². The maximum atomic E-state index is 12.2. The number of benzene rings is 2. The minimum absolute atomic E-state index is 0.0141. The van der Waals surface area contributed by atoms with E-state index in [1.807, 2.05) is 13.0 Å². The molecule has 0 aliphatic heterocycles.